The lowest BCUT2D eigenvalue weighted by Gasteiger charge is -2.09. The van der Waals surface area contributed by atoms with Gasteiger partial charge in [-0.2, -0.15) is 5.10 Å². The average Bonchev–Trinajstić information content (AvgIpc) is 2.74. The number of ether oxygens (including phenoxy) is 1. The Kier molecular flexibility index (Phi) is 7.70. The van der Waals surface area contributed by atoms with Crippen LogP contribution in [0.2, 0.25) is 0 Å². The summed E-state index contributed by atoms with van der Waals surface area (Å²) in [5, 5.41) is 4.06. The van der Waals surface area contributed by atoms with Gasteiger partial charge in [0.1, 0.15) is 12.4 Å². The number of hydrogen-bond donors (Lipinski definition) is 1. The fourth-order valence-electron chi connectivity index (χ4n) is 2.50. The lowest BCUT2D eigenvalue weighted by molar-refractivity contribution is -0.118. The SMILES string of the molecule is O=C(CSCc1ccccc1)N/N=C\c1ccccc1OCc1ccccc1. The first kappa shape index (κ1) is 19.7. The van der Waals surface area contributed by atoms with Crippen LogP contribution in [0.4, 0.5) is 0 Å². The first-order chi connectivity index (χ1) is 13.8. The molecule has 0 spiro atoms. The molecule has 28 heavy (non-hydrogen) atoms. The Morgan fingerprint density at radius 3 is 2.29 bits per heavy atom. The number of thioether (sulfide) groups is 1. The van der Waals surface area contributed by atoms with E-state index in [1.807, 2.05) is 72.8 Å². The van der Waals surface area contributed by atoms with Gasteiger partial charge in [0, 0.05) is 11.3 Å². The highest BCUT2D eigenvalue weighted by atomic mass is 32.2. The number of benzene rings is 3. The number of hydrazone groups is 1. The Bertz CT molecular complexity index is 899. The molecule has 0 atom stereocenters. The van der Waals surface area contributed by atoms with E-state index in [9.17, 15) is 4.79 Å². The molecule has 0 saturated heterocycles. The van der Waals surface area contributed by atoms with Crippen molar-refractivity contribution < 1.29 is 9.53 Å². The van der Waals surface area contributed by atoms with E-state index in [1.165, 1.54) is 5.56 Å². The van der Waals surface area contributed by atoms with Crippen molar-refractivity contribution in [3.05, 3.63) is 102 Å². The molecule has 0 heterocycles. The fourth-order valence-corrected chi connectivity index (χ4v) is 3.28. The maximum Gasteiger partial charge on any atom is 0.250 e. The molecule has 0 unspecified atom stereocenters. The third kappa shape index (κ3) is 6.59. The molecule has 0 radical (unpaired) electrons. The first-order valence-electron chi connectivity index (χ1n) is 9.00. The van der Waals surface area contributed by atoms with Crippen LogP contribution < -0.4 is 10.2 Å². The van der Waals surface area contributed by atoms with Crippen LogP contribution in [0.5, 0.6) is 5.75 Å². The van der Waals surface area contributed by atoms with Gasteiger partial charge >= 0.3 is 0 Å². The van der Waals surface area contributed by atoms with Gasteiger partial charge in [0.25, 0.3) is 0 Å². The quantitative estimate of drug-likeness (QED) is 0.427. The standard InChI is InChI=1S/C23H22N2O2S/c26-23(18-28-17-20-11-5-2-6-12-20)25-24-15-21-13-7-8-14-22(21)27-16-19-9-3-1-4-10-19/h1-15H,16-18H2,(H,25,26)/b24-15-. The van der Waals surface area contributed by atoms with Gasteiger partial charge in [-0.3, -0.25) is 4.79 Å². The van der Waals surface area contributed by atoms with Crippen LogP contribution in [0.25, 0.3) is 0 Å². The van der Waals surface area contributed by atoms with E-state index in [4.69, 9.17) is 4.74 Å². The second-order valence-electron chi connectivity index (χ2n) is 6.08. The van der Waals surface area contributed by atoms with Crippen LogP contribution in [0.15, 0.2) is 90.0 Å². The van der Waals surface area contributed by atoms with Crippen molar-refractivity contribution in [3.8, 4) is 5.75 Å². The molecule has 0 saturated carbocycles. The van der Waals surface area contributed by atoms with Gasteiger partial charge in [0.2, 0.25) is 5.91 Å². The molecule has 0 fully saturated rings. The van der Waals surface area contributed by atoms with Crippen molar-refractivity contribution in [2.45, 2.75) is 12.4 Å². The normalized spacial score (nSPS) is 10.7. The summed E-state index contributed by atoms with van der Waals surface area (Å²) in [4.78, 5) is 11.9. The number of hydrogen-bond acceptors (Lipinski definition) is 4. The Labute approximate surface area is 169 Å². The van der Waals surface area contributed by atoms with Crippen LogP contribution >= 0.6 is 11.8 Å². The van der Waals surface area contributed by atoms with Crippen LogP contribution in [0, 0.1) is 0 Å². The van der Waals surface area contributed by atoms with E-state index in [-0.39, 0.29) is 5.91 Å². The van der Waals surface area contributed by atoms with E-state index in [0.29, 0.717) is 12.4 Å². The topological polar surface area (TPSA) is 50.7 Å². The molecular formula is C23H22N2O2S. The fraction of sp³-hybridized carbons (Fsp3) is 0.130. The number of carbonyl (C=O) groups excluding carboxylic acids is 1. The molecule has 1 N–H and O–H groups in total. The molecule has 1 amide bonds. The summed E-state index contributed by atoms with van der Waals surface area (Å²) in [6, 6.07) is 27.7. The number of carbonyl (C=O) groups is 1. The Morgan fingerprint density at radius 1 is 0.893 bits per heavy atom. The highest BCUT2D eigenvalue weighted by Crippen LogP contribution is 2.17. The number of rotatable bonds is 9. The zero-order valence-electron chi connectivity index (χ0n) is 15.5. The van der Waals surface area contributed by atoms with E-state index in [2.05, 4.69) is 22.7 Å². The predicted molar refractivity (Wildman–Crippen MR) is 116 cm³/mol. The minimum Gasteiger partial charge on any atom is -0.488 e. The van der Waals surface area contributed by atoms with Crippen molar-refractivity contribution >= 4 is 23.9 Å². The molecule has 3 aromatic carbocycles. The highest BCUT2D eigenvalue weighted by Gasteiger charge is 2.03. The molecule has 3 rings (SSSR count). The van der Waals surface area contributed by atoms with Crippen LogP contribution in [-0.4, -0.2) is 17.9 Å². The Balaban J connectivity index is 1.46. The first-order valence-corrected chi connectivity index (χ1v) is 10.2. The number of nitrogens with zero attached hydrogens (tertiary/aromatic N) is 1. The summed E-state index contributed by atoms with van der Waals surface area (Å²) in [7, 11) is 0. The lowest BCUT2D eigenvalue weighted by Crippen LogP contribution is -2.19. The maximum absolute atomic E-state index is 11.9. The molecule has 3 aromatic rings. The van der Waals surface area contributed by atoms with Crippen LogP contribution in [0.3, 0.4) is 0 Å². The van der Waals surface area contributed by atoms with Gasteiger partial charge in [-0.15, -0.1) is 11.8 Å². The third-order valence-corrected chi connectivity index (χ3v) is 4.90. The second kappa shape index (κ2) is 10.9. The molecule has 0 aliphatic carbocycles. The second-order valence-corrected chi connectivity index (χ2v) is 7.07. The summed E-state index contributed by atoms with van der Waals surface area (Å²) < 4.78 is 5.89. The van der Waals surface area contributed by atoms with Crippen molar-refractivity contribution in [2.75, 3.05) is 5.75 Å². The summed E-state index contributed by atoms with van der Waals surface area (Å²) in [5.74, 6) is 1.76. The molecule has 0 bridgehead atoms. The highest BCUT2D eigenvalue weighted by molar-refractivity contribution is 7.99. The van der Waals surface area contributed by atoms with Crippen molar-refractivity contribution in [2.24, 2.45) is 5.10 Å². The molecule has 0 aliphatic rings. The zero-order valence-corrected chi connectivity index (χ0v) is 16.3. The number of para-hydroxylation sites is 1. The molecular weight excluding hydrogens is 368 g/mol. The Morgan fingerprint density at radius 2 is 1.54 bits per heavy atom. The average molecular weight is 391 g/mol. The van der Waals surface area contributed by atoms with Crippen molar-refractivity contribution in [3.63, 3.8) is 0 Å². The predicted octanol–water partition coefficient (Wildman–Crippen LogP) is 4.65. The summed E-state index contributed by atoms with van der Waals surface area (Å²) in [5.41, 5.74) is 5.69. The van der Waals surface area contributed by atoms with Gasteiger partial charge in [-0.1, -0.05) is 72.8 Å². The summed E-state index contributed by atoms with van der Waals surface area (Å²) in [6.45, 7) is 0.480. The van der Waals surface area contributed by atoms with E-state index < -0.39 is 0 Å². The zero-order chi connectivity index (χ0) is 19.4. The third-order valence-electron chi connectivity index (χ3n) is 3.89. The number of nitrogens with one attached hydrogen (secondary N) is 1. The van der Waals surface area contributed by atoms with Gasteiger partial charge in [-0.25, -0.2) is 5.43 Å². The van der Waals surface area contributed by atoms with Gasteiger partial charge < -0.3 is 4.74 Å². The van der Waals surface area contributed by atoms with Crippen LogP contribution in [-0.2, 0) is 17.2 Å². The molecule has 5 heteroatoms. The summed E-state index contributed by atoms with van der Waals surface area (Å²) in [6.07, 6.45) is 1.61. The van der Waals surface area contributed by atoms with Crippen LogP contribution in [0.1, 0.15) is 16.7 Å². The van der Waals surface area contributed by atoms with E-state index >= 15 is 0 Å². The smallest absolute Gasteiger partial charge is 0.250 e. The molecule has 142 valence electrons. The number of amides is 1. The van der Waals surface area contributed by atoms with E-state index in [1.54, 1.807) is 18.0 Å². The van der Waals surface area contributed by atoms with Crippen molar-refractivity contribution in [1.29, 1.82) is 0 Å². The maximum atomic E-state index is 11.9. The van der Waals surface area contributed by atoms with Crippen molar-refractivity contribution in [1.82, 2.24) is 5.43 Å². The molecule has 0 aromatic heterocycles. The van der Waals surface area contributed by atoms with E-state index in [0.717, 1.165) is 22.6 Å². The summed E-state index contributed by atoms with van der Waals surface area (Å²) >= 11 is 1.56. The largest absolute Gasteiger partial charge is 0.488 e. The minimum atomic E-state index is -0.125. The Hall–Kier alpha value is -3.05. The molecule has 0 aliphatic heterocycles. The lowest BCUT2D eigenvalue weighted by atomic mass is 10.2. The molecule has 4 nitrogen and oxygen atoms in total. The monoisotopic (exact) mass is 390 g/mol. The van der Waals surface area contributed by atoms with Gasteiger partial charge in [0.15, 0.2) is 0 Å². The minimum absolute atomic E-state index is 0.125. The van der Waals surface area contributed by atoms with Gasteiger partial charge in [0.05, 0.1) is 12.0 Å². The van der Waals surface area contributed by atoms with Gasteiger partial charge in [-0.05, 0) is 23.3 Å².